The molecule has 0 fully saturated rings. The number of nitrogens with one attached hydrogen (secondary N) is 1. The lowest BCUT2D eigenvalue weighted by Crippen LogP contribution is -2.18. The van der Waals surface area contributed by atoms with Gasteiger partial charge in [0.1, 0.15) is 5.82 Å². The first-order chi connectivity index (χ1) is 10.7. The van der Waals surface area contributed by atoms with Crippen molar-refractivity contribution in [2.24, 2.45) is 0 Å². The number of nitrogens with zero attached hydrogens (tertiary/aromatic N) is 2. The van der Waals surface area contributed by atoms with Gasteiger partial charge in [-0.1, -0.05) is 13.8 Å². The van der Waals surface area contributed by atoms with Gasteiger partial charge in [0.2, 0.25) is 16.0 Å². The molecule has 1 aromatic heterocycles. The summed E-state index contributed by atoms with van der Waals surface area (Å²) in [5.74, 6) is -0.362. The number of anilines is 1. The van der Waals surface area contributed by atoms with Gasteiger partial charge in [-0.2, -0.15) is 0 Å². The molecule has 0 spiro atoms. The largest absolute Gasteiger partial charge is 0.251 e. The van der Waals surface area contributed by atoms with Crippen molar-refractivity contribution >= 4 is 31.9 Å². The number of aromatic nitrogens is 2. The zero-order chi connectivity index (χ0) is 17.2. The first-order valence-electron chi connectivity index (χ1n) is 7.07. The second-order valence-corrected chi connectivity index (χ2v) is 8.07. The predicted octanol–water partition coefficient (Wildman–Crippen LogP) is 3.93. The fraction of sp³-hybridized carbons (Fsp3) is 0.333. The minimum absolute atomic E-state index is 0.0121. The molecule has 8 heteroatoms. The number of rotatable bonds is 5. The summed E-state index contributed by atoms with van der Waals surface area (Å²) >= 11 is 3.47. The molecule has 0 bridgehead atoms. The highest BCUT2D eigenvalue weighted by Crippen LogP contribution is 2.33. The van der Waals surface area contributed by atoms with Gasteiger partial charge >= 0.3 is 0 Å². The van der Waals surface area contributed by atoms with Crippen molar-refractivity contribution in [3.05, 3.63) is 40.2 Å². The van der Waals surface area contributed by atoms with E-state index in [0.29, 0.717) is 21.4 Å². The van der Waals surface area contributed by atoms with Crippen molar-refractivity contribution in [3.8, 4) is 11.3 Å². The third kappa shape index (κ3) is 4.26. The average molecular weight is 402 g/mol. The Balaban J connectivity index is 2.61. The van der Waals surface area contributed by atoms with Gasteiger partial charge in [-0.3, -0.25) is 4.72 Å². The fourth-order valence-corrected chi connectivity index (χ4v) is 3.28. The molecule has 0 aliphatic heterocycles. The fourth-order valence-electron chi connectivity index (χ4n) is 1.90. The molecule has 1 heterocycles. The van der Waals surface area contributed by atoms with Crippen LogP contribution in [0.3, 0.4) is 0 Å². The van der Waals surface area contributed by atoms with E-state index < -0.39 is 10.0 Å². The third-order valence-electron chi connectivity index (χ3n) is 3.17. The Morgan fingerprint density at radius 3 is 2.35 bits per heavy atom. The van der Waals surface area contributed by atoms with Gasteiger partial charge in [-0.05, 0) is 53.0 Å². The summed E-state index contributed by atoms with van der Waals surface area (Å²) in [7, 11) is -3.48. The van der Waals surface area contributed by atoms with E-state index in [1.165, 1.54) is 19.1 Å². The number of hydrogen-bond donors (Lipinski definition) is 1. The van der Waals surface area contributed by atoms with Gasteiger partial charge in [-0.25, -0.2) is 22.8 Å². The summed E-state index contributed by atoms with van der Waals surface area (Å²) in [5, 5.41) is 0. The molecule has 0 radical (unpaired) electrons. The van der Waals surface area contributed by atoms with Crippen molar-refractivity contribution in [1.82, 2.24) is 9.97 Å². The van der Waals surface area contributed by atoms with Crippen molar-refractivity contribution in [1.29, 1.82) is 0 Å². The first kappa shape index (κ1) is 17.8. The second-order valence-electron chi connectivity index (χ2n) is 5.26. The summed E-state index contributed by atoms with van der Waals surface area (Å²) < 4.78 is 39.7. The minimum atomic E-state index is -3.48. The van der Waals surface area contributed by atoms with Crippen molar-refractivity contribution in [2.75, 3.05) is 10.5 Å². The van der Waals surface area contributed by atoms with Gasteiger partial charge < -0.3 is 0 Å². The average Bonchev–Trinajstić information content (AvgIpc) is 2.49. The maximum atomic E-state index is 13.1. The van der Waals surface area contributed by atoms with E-state index in [4.69, 9.17) is 0 Å². The van der Waals surface area contributed by atoms with E-state index in [2.05, 4.69) is 30.6 Å². The molecule has 0 unspecified atom stereocenters. The van der Waals surface area contributed by atoms with Crippen LogP contribution < -0.4 is 4.72 Å². The molecule has 0 saturated heterocycles. The van der Waals surface area contributed by atoms with E-state index in [0.717, 1.165) is 0 Å². The topological polar surface area (TPSA) is 72.0 Å². The molecule has 23 heavy (non-hydrogen) atoms. The highest BCUT2D eigenvalue weighted by atomic mass is 79.9. The standard InChI is InChI=1S/C15H17BrFN3O2S/c1-4-23(21,22)20-15-18-13(9(2)3)12(16)14(19-15)10-5-7-11(17)8-6-10/h5-9H,4H2,1-3H3,(H,18,19,20). The van der Waals surface area contributed by atoms with Crippen LogP contribution in [0.15, 0.2) is 28.7 Å². The third-order valence-corrected chi connectivity index (χ3v) is 5.20. The summed E-state index contributed by atoms with van der Waals surface area (Å²) in [6.45, 7) is 5.42. The number of sulfonamides is 1. The molecule has 0 aliphatic rings. The van der Waals surface area contributed by atoms with Gasteiger partial charge in [0.25, 0.3) is 0 Å². The Labute approximate surface area is 143 Å². The lowest BCUT2D eigenvalue weighted by Gasteiger charge is -2.14. The lowest BCUT2D eigenvalue weighted by molar-refractivity contribution is 0.602. The molecule has 1 N–H and O–H groups in total. The molecule has 0 amide bonds. The van der Waals surface area contributed by atoms with E-state index in [9.17, 15) is 12.8 Å². The van der Waals surface area contributed by atoms with Crippen molar-refractivity contribution in [2.45, 2.75) is 26.7 Å². The van der Waals surface area contributed by atoms with Crippen LogP contribution in [0.5, 0.6) is 0 Å². The molecule has 5 nitrogen and oxygen atoms in total. The Hall–Kier alpha value is -1.54. The van der Waals surface area contributed by atoms with Crippen molar-refractivity contribution in [3.63, 3.8) is 0 Å². The lowest BCUT2D eigenvalue weighted by atomic mass is 10.1. The van der Waals surface area contributed by atoms with Crippen LogP contribution in [0.25, 0.3) is 11.3 Å². The van der Waals surface area contributed by atoms with E-state index in [1.54, 1.807) is 12.1 Å². The van der Waals surface area contributed by atoms with Gasteiger partial charge in [0.05, 0.1) is 21.6 Å². The Bertz CT molecular complexity index is 808. The van der Waals surface area contributed by atoms with Gasteiger partial charge in [0, 0.05) is 5.56 Å². The Morgan fingerprint density at radius 2 is 1.83 bits per heavy atom. The molecule has 2 rings (SSSR count). The summed E-state index contributed by atoms with van der Waals surface area (Å²) in [5.41, 5.74) is 1.85. The van der Waals surface area contributed by atoms with Crippen LogP contribution in [0, 0.1) is 5.82 Å². The van der Waals surface area contributed by atoms with Crippen LogP contribution in [0.4, 0.5) is 10.3 Å². The first-order valence-corrected chi connectivity index (χ1v) is 9.52. The number of hydrogen-bond acceptors (Lipinski definition) is 4. The normalized spacial score (nSPS) is 11.7. The highest BCUT2D eigenvalue weighted by Gasteiger charge is 2.18. The van der Waals surface area contributed by atoms with E-state index in [1.807, 2.05) is 13.8 Å². The van der Waals surface area contributed by atoms with E-state index >= 15 is 0 Å². The molecule has 0 saturated carbocycles. The summed E-state index contributed by atoms with van der Waals surface area (Å²) in [4.78, 5) is 8.56. The molecule has 2 aromatic rings. The summed E-state index contributed by atoms with van der Waals surface area (Å²) in [6, 6.07) is 5.83. The van der Waals surface area contributed by atoms with Crippen molar-refractivity contribution < 1.29 is 12.8 Å². The Morgan fingerprint density at radius 1 is 1.22 bits per heavy atom. The molecule has 0 aliphatic carbocycles. The minimum Gasteiger partial charge on any atom is -0.251 e. The molecular weight excluding hydrogens is 385 g/mol. The smallest absolute Gasteiger partial charge is 0.237 e. The van der Waals surface area contributed by atoms with Crippen LogP contribution in [-0.2, 0) is 10.0 Å². The maximum Gasteiger partial charge on any atom is 0.237 e. The predicted molar refractivity (Wildman–Crippen MR) is 92.3 cm³/mol. The zero-order valence-electron chi connectivity index (χ0n) is 13.0. The monoisotopic (exact) mass is 401 g/mol. The number of benzene rings is 1. The molecular formula is C15H17BrFN3O2S. The van der Waals surface area contributed by atoms with Crippen LogP contribution in [-0.4, -0.2) is 24.1 Å². The molecule has 124 valence electrons. The zero-order valence-corrected chi connectivity index (χ0v) is 15.4. The Kier molecular flexibility index (Phi) is 5.36. The highest BCUT2D eigenvalue weighted by molar-refractivity contribution is 9.10. The van der Waals surface area contributed by atoms with Crippen LogP contribution in [0.2, 0.25) is 0 Å². The van der Waals surface area contributed by atoms with E-state index in [-0.39, 0.29) is 23.4 Å². The molecule has 0 atom stereocenters. The molecule has 1 aromatic carbocycles. The summed E-state index contributed by atoms with van der Waals surface area (Å²) in [6.07, 6.45) is 0. The van der Waals surface area contributed by atoms with Gasteiger partial charge in [0.15, 0.2) is 0 Å². The quantitative estimate of drug-likeness (QED) is 0.823. The maximum absolute atomic E-state index is 13.1. The van der Waals surface area contributed by atoms with Gasteiger partial charge in [-0.15, -0.1) is 0 Å². The van der Waals surface area contributed by atoms with Crippen LogP contribution >= 0.6 is 15.9 Å². The second kappa shape index (κ2) is 6.92. The van der Waals surface area contributed by atoms with Crippen LogP contribution in [0.1, 0.15) is 32.4 Å². The number of halogens is 2. The SMILES string of the molecule is CCS(=O)(=O)Nc1nc(-c2ccc(F)cc2)c(Br)c(C(C)C)n1.